The topological polar surface area (TPSA) is 63.3 Å². The fraction of sp³-hybridized carbons (Fsp3) is 0.833. The van der Waals surface area contributed by atoms with Crippen molar-refractivity contribution < 1.29 is 9.90 Å². The third-order valence-electron chi connectivity index (χ3n) is 2.18. The molecule has 0 aromatic heterocycles. The minimum atomic E-state index is -0.710. The molecular formula is C6H11NO2. The molecule has 0 aromatic rings. The van der Waals surface area contributed by atoms with E-state index in [9.17, 15) is 4.79 Å². The Kier molecular flexibility index (Phi) is 1.24. The standard InChI is InChI=1S/C6H11NO2/c1-6(5(8)9)2-4(6)3-7/h4H,2-3,7H2,1H3,(H,8,9)/t4-,6-/m0/s1. The number of carbonyl (C=O) groups is 1. The van der Waals surface area contributed by atoms with Gasteiger partial charge in [-0.3, -0.25) is 4.79 Å². The Hall–Kier alpha value is -0.570. The molecule has 3 N–H and O–H groups in total. The van der Waals surface area contributed by atoms with Crippen LogP contribution in [0.2, 0.25) is 0 Å². The van der Waals surface area contributed by atoms with Gasteiger partial charge < -0.3 is 10.8 Å². The minimum Gasteiger partial charge on any atom is -0.481 e. The molecule has 3 nitrogen and oxygen atoms in total. The van der Waals surface area contributed by atoms with Crippen LogP contribution in [0.3, 0.4) is 0 Å². The predicted molar refractivity (Wildman–Crippen MR) is 32.9 cm³/mol. The lowest BCUT2D eigenvalue weighted by atomic mass is 10.1. The van der Waals surface area contributed by atoms with Gasteiger partial charge in [0.25, 0.3) is 0 Å². The molecule has 0 aliphatic heterocycles. The number of rotatable bonds is 2. The fourth-order valence-corrected chi connectivity index (χ4v) is 1.06. The summed E-state index contributed by atoms with van der Waals surface area (Å²) in [6.45, 7) is 2.25. The zero-order valence-electron chi connectivity index (χ0n) is 5.42. The van der Waals surface area contributed by atoms with Gasteiger partial charge in [0.1, 0.15) is 0 Å². The average molecular weight is 129 g/mol. The van der Waals surface area contributed by atoms with Crippen molar-refractivity contribution in [2.75, 3.05) is 6.54 Å². The lowest BCUT2D eigenvalue weighted by Gasteiger charge is -2.00. The summed E-state index contributed by atoms with van der Waals surface area (Å²) < 4.78 is 0. The highest BCUT2D eigenvalue weighted by Crippen LogP contribution is 2.51. The zero-order chi connectivity index (χ0) is 7.07. The maximum Gasteiger partial charge on any atom is 0.309 e. The van der Waals surface area contributed by atoms with E-state index in [1.807, 2.05) is 0 Å². The second-order valence-corrected chi connectivity index (χ2v) is 2.86. The number of carboxylic acids is 1. The summed E-state index contributed by atoms with van der Waals surface area (Å²) in [5.74, 6) is -0.493. The molecule has 2 atom stereocenters. The maximum atomic E-state index is 10.4. The Morgan fingerprint density at radius 2 is 2.56 bits per heavy atom. The van der Waals surface area contributed by atoms with Crippen LogP contribution in [-0.2, 0) is 4.79 Å². The van der Waals surface area contributed by atoms with Gasteiger partial charge in [0.2, 0.25) is 0 Å². The van der Waals surface area contributed by atoms with Crippen LogP contribution in [0.25, 0.3) is 0 Å². The summed E-state index contributed by atoms with van der Waals surface area (Å²) in [5, 5.41) is 8.56. The largest absolute Gasteiger partial charge is 0.481 e. The highest BCUT2D eigenvalue weighted by molar-refractivity contribution is 5.78. The van der Waals surface area contributed by atoms with Crippen molar-refractivity contribution in [3.8, 4) is 0 Å². The van der Waals surface area contributed by atoms with E-state index in [4.69, 9.17) is 10.8 Å². The number of hydrogen-bond donors (Lipinski definition) is 2. The first kappa shape index (κ1) is 6.55. The molecular weight excluding hydrogens is 118 g/mol. The summed E-state index contributed by atoms with van der Waals surface area (Å²) in [7, 11) is 0. The van der Waals surface area contributed by atoms with Gasteiger partial charge in [-0.15, -0.1) is 0 Å². The van der Waals surface area contributed by atoms with Gasteiger partial charge in [0, 0.05) is 0 Å². The molecule has 0 unspecified atom stereocenters. The lowest BCUT2D eigenvalue weighted by molar-refractivity contribution is -0.143. The van der Waals surface area contributed by atoms with Gasteiger partial charge in [0.05, 0.1) is 5.41 Å². The van der Waals surface area contributed by atoms with Crippen molar-refractivity contribution in [1.82, 2.24) is 0 Å². The smallest absolute Gasteiger partial charge is 0.309 e. The van der Waals surface area contributed by atoms with E-state index in [1.54, 1.807) is 6.92 Å². The average Bonchev–Trinajstić information content (AvgIpc) is 2.44. The van der Waals surface area contributed by atoms with Crippen molar-refractivity contribution in [3.05, 3.63) is 0 Å². The highest BCUT2D eigenvalue weighted by Gasteiger charge is 2.55. The molecule has 52 valence electrons. The first-order chi connectivity index (χ1) is 4.11. The predicted octanol–water partition coefficient (Wildman–Crippen LogP) is 0.0559. The normalized spacial score (nSPS) is 40.4. The Bertz CT molecular complexity index is 146. The van der Waals surface area contributed by atoms with Gasteiger partial charge >= 0.3 is 5.97 Å². The van der Waals surface area contributed by atoms with Crippen LogP contribution in [0.1, 0.15) is 13.3 Å². The molecule has 1 aliphatic rings. The molecule has 0 bridgehead atoms. The van der Waals surface area contributed by atoms with Gasteiger partial charge in [-0.1, -0.05) is 0 Å². The van der Waals surface area contributed by atoms with Crippen molar-refractivity contribution in [1.29, 1.82) is 0 Å². The molecule has 0 radical (unpaired) electrons. The molecule has 0 saturated heterocycles. The number of aliphatic carboxylic acids is 1. The second-order valence-electron chi connectivity index (χ2n) is 2.86. The monoisotopic (exact) mass is 129 g/mol. The molecule has 1 rings (SSSR count). The quantitative estimate of drug-likeness (QED) is 0.554. The second kappa shape index (κ2) is 1.70. The molecule has 0 spiro atoms. The van der Waals surface area contributed by atoms with Gasteiger partial charge in [-0.25, -0.2) is 0 Å². The molecule has 9 heavy (non-hydrogen) atoms. The molecule has 0 heterocycles. The van der Waals surface area contributed by atoms with Crippen LogP contribution in [0, 0.1) is 11.3 Å². The summed E-state index contributed by atoms with van der Waals surface area (Å²) in [4.78, 5) is 10.4. The highest BCUT2D eigenvalue weighted by atomic mass is 16.4. The summed E-state index contributed by atoms with van der Waals surface area (Å²) in [5.41, 5.74) is 4.79. The molecule has 1 aliphatic carbocycles. The van der Waals surface area contributed by atoms with E-state index in [-0.39, 0.29) is 5.92 Å². The van der Waals surface area contributed by atoms with E-state index < -0.39 is 11.4 Å². The van der Waals surface area contributed by atoms with E-state index in [1.165, 1.54) is 0 Å². The van der Waals surface area contributed by atoms with Crippen LogP contribution in [0.5, 0.6) is 0 Å². The van der Waals surface area contributed by atoms with Crippen LogP contribution in [0.15, 0.2) is 0 Å². The third kappa shape index (κ3) is 0.812. The van der Waals surface area contributed by atoms with Crippen LogP contribution in [0.4, 0.5) is 0 Å². The van der Waals surface area contributed by atoms with Crippen molar-refractivity contribution in [2.45, 2.75) is 13.3 Å². The summed E-state index contributed by atoms with van der Waals surface area (Å²) >= 11 is 0. The Balaban J connectivity index is 2.52. The van der Waals surface area contributed by atoms with E-state index in [0.29, 0.717) is 6.54 Å². The molecule has 1 saturated carbocycles. The van der Waals surface area contributed by atoms with E-state index >= 15 is 0 Å². The van der Waals surface area contributed by atoms with Crippen molar-refractivity contribution in [2.24, 2.45) is 17.1 Å². The molecule has 0 amide bonds. The van der Waals surface area contributed by atoms with Crippen LogP contribution in [-0.4, -0.2) is 17.6 Å². The SMILES string of the molecule is C[C@]1(C(=O)O)C[C@H]1CN. The lowest BCUT2D eigenvalue weighted by Crippen LogP contribution is -2.16. The van der Waals surface area contributed by atoms with E-state index in [2.05, 4.69) is 0 Å². The third-order valence-corrected chi connectivity index (χ3v) is 2.18. The maximum absolute atomic E-state index is 10.4. The van der Waals surface area contributed by atoms with Crippen LogP contribution >= 0.6 is 0 Å². The van der Waals surface area contributed by atoms with Crippen molar-refractivity contribution >= 4 is 5.97 Å². The first-order valence-electron chi connectivity index (χ1n) is 3.04. The summed E-state index contributed by atoms with van der Waals surface area (Å²) in [6, 6.07) is 0. The van der Waals surface area contributed by atoms with E-state index in [0.717, 1.165) is 6.42 Å². The Morgan fingerprint density at radius 3 is 2.67 bits per heavy atom. The van der Waals surface area contributed by atoms with Crippen LogP contribution < -0.4 is 5.73 Å². The fourth-order valence-electron chi connectivity index (χ4n) is 1.06. The minimum absolute atomic E-state index is 0.218. The number of hydrogen-bond acceptors (Lipinski definition) is 2. The molecule has 3 heteroatoms. The Labute approximate surface area is 53.9 Å². The Morgan fingerprint density at radius 1 is 2.00 bits per heavy atom. The summed E-state index contributed by atoms with van der Waals surface area (Å²) in [6.07, 6.45) is 0.749. The first-order valence-corrected chi connectivity index (χ1v) is 3.04. The molecule has 0 aromatic carbocycles. The van der Waals surface area contributed by atoms with Crippen molar-refractivity contribution in [3.63, 3.8) is 0 Å². The number of nitrogens with two attached hydrogens (primary N) is 1. The van der Waals surface area contributed by atoms with Gasteiger partial charge in [-0.2, -0.15) is 0 Å². The van der Waals surface area contributed by atoms with Gasteiger partial charge in [-0.05, 0) is 25.8 Å². The number of carboxylic acid groups (broad SMARTS) is 1. The molecule has 1 fully saturated rings. The zero-order valence-corrected chi connectivity index (χ0v) is 5.42. The van der Waals surface area contributed by atoms with Gasteiger partial charge in [0.15, 0.2) is 0 Å².